The maximum absolute atomic E-state index is 11.8. The molecule has 1 aromatic rings. The molecule has 0 aliphatic carbocycles. The monoisotopic (exact) mass is 273 g/mol. The van der Waals surface area contributed by atoms with Crippen molar-refractivity contribution in [1.29, 1.82) is 0 Å². The molecule has 0 bridgehead atoms. The van der Waals surface area contributed by atoms with Crippen LogP contribution in [-0.2, 0) is 0 Å². The smallest absolute Gasteiger partial charge is 0.173 e. The first-order valence-corrected chi connectivity index (χ1v) is 6.41. The zero-order chi connectivity index (χ0) is 9.97. The minimum absolute atomic E-state index is 0.286. The Bertz CT molecular complexity index is 331. The predicted molar refractivity (Wildman–Crippen MR) is 61.9 cm³/mol. The van der Waals surface area contributed by atoms with E-state index in [9.17, 15) is 4.79 Å². The van der Waals surface area contributed by atoms with Gasteiger partial charge in [0.2, 0.25) is 0 Å². The second-order valence-corrected chi connectivity index (χ2v) is 5.44. The lowest BCUT2D eigenvalue weighted by Gasteiger charge is -2.04. The highest BCUT2D eigenvalue weighted by Gasteiger charge is 2.19. The Hall–Kier alpha value is -0.190. The molecule has 1 aliphatic heterocycles. The largest absolute Gasteiger partial charge is 0.316 e. The number of carbonyl (C=O) groups excluding carboxylic acids is 1. The van der Waals surface area contributed by atoms with Crippen LogP contribution in [0.25, 0.3) is 0 Å². The number of hydrogen-bond donors (Lipinski definition) is 1. The molecule has 2 heterocycles. The van der Waals surface area contributed by atoms with E-state index in [2.05, 4.69) is 21.2 Å². The van der Waals surface area contributed by atoms with E-state index in [1.807, 2.05) is 11.4 Å². The van der Waals surface area contributed by atoms with E-state index in [1.54, 1.807) is 0 Å². The highest BCUT2D eigenvalue weighted by molar-refractivity contribution is 9.10. The third-order valence-electron chi connectivity index (χ3n) is 2.48. The molecule has 0 radical (unpaired) electrons. The van der Waals surface area contributed by atoms with E-state index < -0.39 is 0 Å². The number of ketones is 1. The van der Waals surface area contributed by atoms with Crippen LogP contribution in [0.2, 0.25) is 0 Å². The number of nitrogens with one attached hydrogen (secondary N) is 1. The lowest BCUT2D eigenvalue weighted by atomic mass is 10.0. The molecular weight excluding hydrogens is 262 g/mol. The van der Waals surface area contributed by atoms with Gasteiger partial charge in [-0.25, -0.2) is 0 Å². The van der Waals surface area contributed by atoms with Gasteiger partial charge < -0.3 is 5.32 Å². The Labute approximate surface area is 95.8 Å². The first-order chi connectivity index (χ1) is 6.75. The van der Waals surface area contributed by atoms with Crippen molar-refractivity contribution < 1.29 is 4.79 Å². The highest BCUT2D eigenvalue weighted by atomic mass is 79.9. The number of halogens is 1. The summed E-state index contributed by atoms with van der Waals surface area (Å²) in [6, 6.07) is 1.91. The molecule has 4 heteroatoms. The van der Waals surface area contributed by atoms with E-state index in [0.717, 1.165) is 28.9 Å². The van der Waals surface area contributed by atoms with Crippen LogP contribution in [0.5, 0.6) is 0 Å². The standard InChI is InChI=1S/C10H12BrNOS/c11-8-4-10(14-6-8)9(13)3-7-1-2-12-5-7/h4,6-7,12H,1-3,5H2. The average molecular weight is 274 g/mol. The summed E-state index contributed by atoms with van der Waals surface area (Å²) in [4.78, 5) is 12.7. The average Bonchev–Trinajstić information content (AvgIpc) is 2.75. The second kappa shape index (κ2) is 4.55. The van der Waals surface area contributed by atoms with Gasteiger partial charge in [0.25, 0.3) is 0 Å². The summed E-state index contributed by atoms with van der Waals surface area (Å²) in [5, 5.41) is 5.23. The second-order valence-electron chi connectivity index (χ2n) is 3.62. The molecule has 1 unspecified atom stereocenters. The predicted octanol–water partition coefficient (Wildman–Crippen LogP) is 2.69. The van der Waals surface area contributed by atoms with Gasteiger partial charge in [-0.15, -0.1) is 11.3 Å². The Balaban J connectivity index is 1.95. The number of hydrogen-bond acceptors (Lipinski definition) is 3. The van der Waals surface area contributed by atoms with Gasteiger partial charge in [0.1, 0.15) is 0 Å². The minimum Gasteiger partial charge on any atom is -0.316 e. The van der Waals surface area contributed by atoms with Gasteiger partial charge in [-0.2, -0.15) is 0 Å². The Morgan fingerprint density at radius 1 is 1.71 bits per heavy atom. The zero-order valence-electron chi connectivity index (χ0n) is 7.75. The maximum atomic E-state index is 11.8. The van der Waals surface area contributed by atoms with E-state index in [-0.39, 0.29) is 5.78 Å². The molecule has 1 fully saturated rings. The van der Waals surface area contributed by atoms with Crippen LogP contribution in [0.3, 0.4) is 0 Å². The van der Waals surface area contributed by atoms with Gasteiger partial charge in [0.05, 0.1) is 4.88 Å². The van der Waals surface area contributed by atoms with Gasteiger partial charge in [0.15, 0.2) is 5.78 Å². The van der Waals surface area contributed by atoms with Gasteiger partial charge in [-0.1, -0.05) is 0 Å². The summed E-state index contributed by atoms with van der Waals surface area (Å²) in [6.07, 6.45) is 1.83. The van der Waals surface area contributed by atoms with Gasteiger partial charge in [-0.3, -0.25) is 4.79 Å². The van der Waals surface area contributed by atoms with Crippen molar-refractivity contribution in [3.8, 4) is 0 Å². The molecule has 14 heavy (non-hydrogen) atoms. The van der Waals surface area contributed by atoms with Crippen molar-refractivity contribution in [1.82, 2.24) is 5.32 Å². The normalized spacial score (nSPS) is 21.4. The summed E-state index contributed by atoms with van der Waals surface area (Å²) in [5.41, 5.74) is 0. The summed E-state index contributed by atoms with van der Waals surface area (Å²) >= 11 is 4.88. The molecule has 0 spiro atoms. The van der Waals surface area contributed by atoms with Gasteiger partial charge in [0, 0.05) is 16.3 Å². The molecule has 1 atom stereocenters. The van der Waals surface area contributed by atoms with E-state index in [1.165, 1.54) is 11.3 Å². The van der Waals surface area contributed by atoms with Gasteiger partial charge >= 0.3 is 0 Å². The van der Waals surface area contributed by atoms with Crippen LogP contribution in [-0.4, -0.2) is 18.9 Å². The lowest BCUT2D eigenvalue weighted by molar-refractivity contribution is 0.0968. The summed E-state index contributed by atoms with van der Waals surface area (Å²) in [7, 11) is 0. The van der Waals surface area contributed by atoms with E-state index in [4.69, 9.17) is 0 Å². The zero-order valence-corrected chi connectivity index (χ0v) is 10.2. The molecule has 2 nitrogen and oxygen atoms in total. The van der Waals surface area contributed by atoms with Gasteiger partial charge in [-0.05, 0) is 47.4 Å². The molecule has 0 aromatic carbocycles. The number of rotatable bonds is 3. The van der Waals surface area contributed by atoms with Crippen LogP contribution >= 0.6 is 27.3 Å². The summed E-state index contributed by atoms with van der Waals surface area (Å²) < 4.78 is 1.01. The van der Waals surface area contributed by atoms with Crippen LogP contribution < -0.4 is 5.32 Å². The van der Waals surface area contributed by atoms with Crippen LogP contribution in [0.4, 0.5) is 0 Å². The van der Waals surface area contributed by atoms with Crippen LogP contribution in [0.15, 0.2) is 15.9 Å². The quantitative estimate of drug-likeness (QED) is 0.859. The van der Waals surface area contributed by atoms with E-state index >= 15 is 0 Å². The number of Topliss-reactive ketones (excluding diaryl/α,β-unsaturated/α-hetero) is 1. The highest BCUT2D eigenvalue weighted by Crippen LogP contribution is 2.23. The molecule has 0 saturated carbocycles. The third-order valence-corrected chi connectivity index (χ3v) is 4.21. The van der Waals surface area contributed by atoms with Crippen molar-refractivity contribution in [2.75, 3.05) is 13.1 Å². The van der Waals surface area contributed by atoms with Crippen molar-refractivity contribution in [3.05, 3.63) is 20.8 Å². The third kappa shape index (κ3) is 2.43. The molecule has 1 N–H and O–H groups in total. The molecule has 0 amide bonds. The topological polar surface area (TPSA) is 29.1 Å². The molecule has 1 aromatic heterocycles. The SMILES string of the molecule is O=C(CC1CCNC1)c1cc(Br)cs1. The fourth-order valence-electron chi connectivity index (χ4n) is 1.71. The van der Waals surface area contributed by atoms with Crippen molar-refractivity contribution in [3.63, 3.8) is 0 Å². The number of thiophene rings is 1. The first-order valence-electron chi connectivity index (χ1n) is 4.73. The maximum Gasteiger partial charge on any atom is 0.173 e. The Morgan fingerprint density at radius 2 is 2.57 bits per heavy atom. The molecular formula is C10H12BrNOS. The van der Waals surface area contributed by atoms with E-state index in [0.29, 0.717) is 12.3 Å². The Morgan fingerprint density at radius 3 is 3.14 bits per heavy atom. The lowest BCUT2D eigenvalue weighted by Crippen LogP contribution is -2.12. The number of carbonyl (C=O) groups is 1. The van der Waals surface area contributed by atoms with Crippen molar-refractivity contribution in [2.45, 2.75) is 12.8 Å². The fourth-order valence-corrected chi connectivity index (χ4v) is 3.09. The Kier molecular flexibility index (Phi) is 3.36. The van der Waals surface area contributed by atoms with Crippen molar-refractivity contribution in [2.24, 2.45) is 5.92 Å². The first kappa shape index (κ1) is 10.3. The van der Waals surface area contributed by atoms with Crippen LogP contribution in [0.1, 0.15) is 22.5 Å². The molecule has 1 aliphatic rings. The molecule has 2 rings (SSSR count). The fraction of sp³-hybridized carbons (Fsp3) is 0.500. The molecule has 1 saturated heterocycles. The molecule has 76 valence electrons. The summed E-state index contributed by atoms with van der Waals surface area (Å²) in [6.45, 7) is 2.06. The van der Waals surface area contributed by atoms with Crippen molar-refractivity contribution >= 4 is 33.0 Å². The summed E-state index contributed by atoms with van der Waals surface area (Å²) in [5.74, 6) is 0.831. The van der Waals surface area contributed by atoms with Crippen LogP contribution in [0, 0.1) is 5.92 Å². The minimum atomic E-state index is 0.286.